The normalized spacial score (nSPS) is 32.1. The number of fused-ring (bicyclic) bond motifs is 6. The van der Waals surface area contributed by atoms with Gasteiger partial charge in [0.2, 0.25) is 0 Å². The molecule has 0 saturated heterocycles. The first-order chi connectivity index (χ1) is 22.9. The van der Waals surface area contributed by atoms with Crippen LogP contribution in [0.2, 0.25) is 3.12 Å². The zero-order chi connectivity index (χ0) is 33.7. The molecule has 3 fully saturated rings. The van der Waals surface area contributed by atoms with Crippen molar-refractivity contribution in [2.75, 3.05) is 0 Å². The zero-order valence-corrected chi connectivity index (χ0v) is 36.6. The van der Waals surface area contributed by atoms with E-state index >= 15 is 0 Å². The van der Waals surface area contributed by atoms with E-state index in [1.807, 2.05) is 8.85 Å². The van der Waals surface area contributed by atoms with Gasteiger partial charge >= 0.3 is 304 Å². The van der Waals surface area contributed by atoms with Crippen molar-refractivity contribution in [1.29, 1.82) is 0 Å². The van der Waals surface area contributed by atoms with E-state index in [1.54, 1.807) is 27.8 Å². The van der Waals surface area contributed by atoms with Gasteiger partial charge in [-0.15, -0.1) is 0 Å². The van der Waals surface area contributed by atoms with E-state index in [9.17, 15) is 0 Å². The van der Waals surface area contributed by atoms with E-state index in [0.717, 1.165) is 18.3 Å². The third-order valence-corrected chi connectivity index (χ3v) is 27.7. The largest absolute Gasteiger partial charge is 1.00 e. The minimum atomic E-state index is -2.65. The van der Waals surface area contributed by atoms with Gasteiger partial charge in [-0.3, -0.25) is 0 Å². The Morgan fingerprint density at radius 2 is 1.32 bits per heavy atom. The minimum absolute atomic E-state index is 0. The number of hydrogen-bond donors (Lipinski definition) is 0. The first kappa shape index (κ1) is 39.0. The predicted octanol–water partition coefficient (Wildman–Crippen LogP) is 7.35. The SMILES string of the molecule is CC12C(=C3Cc4ccccc4C3=C3C=CCCC31)[C](C)([Zr+2]([C]1=CC=CC1)=[C](C1CCCCC1)C1CCCCC1)C(C)(C)C(C)(C)C2(C)C.[Cl-].[Cl-]. The molecule has 0 amide bonds. The van der Waals surface area contributed by atoms with Crippen LogP contribution in [0.3, 0.4) is 0 Å². The summed E-state index contributed by atoms with van der Waals surface area (Å²) in [4.78, 5) is 0. The molecular weight excluding hydrogens is 727 g/mol. The summed E-state index contributed by atoms with van der Waals surface area (Å²) in [6.45, 7) is 22.3. The van der Waals surface area contributed by atoms with Crippen LogP contribution in [0.1, 0.15) is 150 Å². The molecule has 7 aliphatic carbocycles. The maximum atomic E-state index is 2.95. The summed E-state index contributed by atoms with van der Waals surface area (Å²) in [5.74, 6) is 2.32. The second-order valence-corrected chi connectivity index (χ2v) is 26.4. The van der Waals surface area contributed by atoms with Crippen LogP contribution in [0, 0.1) is 39.4 Å². The number of rotatable bonds is 4. The number of allylic oxidation sites excluding steroid dienone is 10. The summed E-state index contributed by atoms with van der Waals surface area (Å²) >= 11 is -2.65. The fraction of sp³-hybridized carbons (Fsp3) is 0.638. The Bertz CT molecular complexity index is 1680. The smallest absolute Gasteiger partial charge is 1.00 e. The van der Waals surface area contributed by atoms with Crippen molar-refractivity contribution >= 4 is 8.78 Å². The predicted molar refractivity (Wildman–Crippen MR) is 204 cm³/mol. The average molecular weight is 791 g/mol. The Morgan fingerprint density at radius 1 is 0.700 bits per heavy atom. The van der Waals surface area contributed by atoms with Crippen LogP contribution in [0.4, 0.5) is 0 Å². The molecule has 0 aromatic heterocycles. The van der Waals surface area contributed by atoms with Gasteiger partial charge in [0.15, 0.2) is 0 Å². The molecule has 8 rings (SSSR count). The minimum Gasteiger partial charge on any atom is -1.00 e. The molecule has 3 saturated carbocycles. The monoisotopic (exact) mass is 788 g/mol. The molecule has 0 nitrogen and oxygen atoms in total. The van der Waals surface area contributed by atoms with Crippen LogP contribution in [0.15, 0.2) is 74.6 Å². The van der Waals surface area contributed by atoms with Gasteiger partial charge in [0, 0.05) is 0 Å². The molecule has 0 spiro atoms. The third-order valence-electron chi connectivity index (χ3n) is 17.2. The quantitative estimate of drug-likeness (QED) is 0.300. The summed E-state index contributed by atoms with van der Waals surface area (Å²) in [5.41, 5.74) is 10.8. The van der Waals surface area contributed by atoms with Crippen LogP contribution in [0.25, 0.3) is 5.57 Å². The summed E-state index contributed by atoms with van der Waals surface area (Å²) in [6, 6.07) is 9.59. The van der Waals surface area contributed by atoms with E-state index in [0.29, 0.717) is 5.92 Å². The average Bonchev–Trinajstić information content (AvgIpc) is 3.75. The van der Waals surface area contributed by atoms with Crippen LogP contribution < -0.4 is 24.8 Å². The van der Waals surface area contributed by atoms with Crippen molar-refractivity contribution < 1.29 is 46.1 Å². The number of benzene rings is 1. The van der Waals surface area contributed by atoms with Crippen molar-refractivity contribution in [2.45, 2.75) is 148 Å². The van der Waals surface area contributed by atoms with E-state index in [4.69, 9.17) is 0 Å². The number of halogens is 2. The van der Waals surface area contributed by atoms with Gasteiger partial charge in [0.1, 0.15) is 0 Å². The first-order valence-corrected chi connectivity index (χ1v) is 23.9. The van der Waals surface area contributed by atoms with Crippen LogP contribution in [-0.2, 0) is 27.7 Å². The summed E-state index contributed by atoms with van der Waals surface area (Å²) < 4.78 is 4.37. The van der Waals surface area contributed by atoms with Crippen molar-refractivity contribution in [3.63, 3.8) is 0 Å². The molecule has 1 aromatic rings. The maximum absolute atomic E-state index is 2.95. The first-order valence-electron chi connectivity index (χ1n) is 20.2. The second-order valence-electron chi connectivity index (χ2n) is 19.1. The summed E-state index contributed by atoms with van der Waals surface area (Å²) in [6.07, 6.45) is 32.4. The fourth-order valence-electron chi connectivity index (χ4n) is 13.4. The molecule has 50 heavy (non-hydrogen) atoms. The Balaban J connectivity index is 0.00000216. The molecule has 0 heterocycles. The molecule has 0 bridgehead atoms. The molecule has 3 atom stereocenters. The second kappa shape index (κ2) is 13.8. The Labute approximate surface area is 326 Å². The fourth-order valence-corrected chi connectivity index (χ4v) is 26.1. The topological polar surface area (TPSA) is 0 Å². The third kappa shape index (κ3) is 5.14. The molecule has 0 N–H and O–H groups in total. The van der Waals surface area contributed by atoms with Gasteiger partial charge < -0.3 is 24.8 Å². The zero-order valence-electron chi connectivity index (χ0n) is 32.6. The molecule has 7 aliphatic rings. The van der Waals surface area contributed by atoms with Crippen LogP contribution in [0.5, 0.6) is 0 Å². The standard InChI is InChI=1S/C29H37.C13H22.C5H5.2ClH.Zr/c1-18-25-22-17-19-13-9-10-14-20(19)24(22)21-15-11-12-16-23(21)29(25,8)28(6,7)27(4,5)26(18,2)3;1-3-7-12(8-4-1)11-13-9-5-2-6-10-13;1-2-4-5-3-1;;;/h9-11,13-15,23H,12,16-17H2,1-8H3;12-13H,1-10H2;1-3H,4H2;2*1H;/q;;;;;+2/p-2. The summed E-state index contributed by atoms with van der Waals surface area (Å²) in [7, 11) is 0. The van der Waals surface area contributed by atoms with Gasteiger partial charge in [-0.1, -0.05) is 0 Å². The Morgan fingerprint density at radius 3 is 1.92 bits per heavy atom. The Hall–Kier alpha value is -0.747. The van der Waals surface area contributed by atoms with E-state index < -0.39 is 21.3 Å². The van der Waals surface area contributed by atoms with Crippen molar-refractivity contribution in [1.82, 2.24) is 0 Å². The van der Waals surface area contributed by atoms with Gasteiger partial charge in [-0.2, -0.15) is 0 Å². The molecule has 3 unspecified atom stereocenters. The van der Waals surface area contributed by atoms with E-state index in [2.05, 4.69) is 113 Å². The molecule has 270 valence electrons. The van der Waals surface area contributed by atoms with Gasteiger partial charge in [-0.05, 0) is 0 Å². The van der Waals surface area contributed by atoms with Crippen molar-refractivity contribution in [2.24, 2.45) is 39.4 Å². The molecular formula is C47H64Cl2Zr. The van der Waals surface area contributed by atoms with Gasteiger partial charge in [0.25, 0.3) is 0 Å². The van der Waals surface area contributed by atoms with Crippen molar-refractivity contribution in [3.05, 3.63) is 85.8 Å². The summed E-state index contributed by atoms with van der Waals surface area (Å²) in [5, 5.41) is 0. The molecule has 1 aromatic carbocycles. The molecule has 0 radical (unpaired) electrons. The maximum Gasteiger partial charge on any atom is -1.00 e. The molecule has 3 heteroatoms. The van der Waals surface area contributed by atoms with Crippen LogP contribution in [-0.4, -0.2) is 3.21 Å². The number of hydrogen-bond acceptors (Lipinski definition) is 0. The van der Waals surface area contributed by atoms with Gasteiger partial charge in [-0.25, -0.2) is 0 Å². The van der Waals surface area contributed by atoms with Crippen LogP contribution >= 0.6 is 0 Å². The van der Waals surface area contributed by atoms with E-state index in [1.165, 1.54) is 83.5 Å². The van der Waals surface area contributed by atoms with Crippen molar-refractivity contribution in [3.8, 4) is 0 Å². The van der Waals surface area contributed by atoms with Gasteiger partial charge in [0.05, 0.1) is 0 Å². The molecule has 0 aliphatic heterocycles. The van der Waals surface area contributed by atoms with E-state index in [-0.39, 0.29) is 49.6 Å². The Kier molecular flexibility index (Phi) is 10.8.